The first kappa shape index (κ1) is 13.3. The molecule has 1 fully saturated rings. The standard InChI is InChI=1S/C14H19F2NO/c1-9(2)14(3-4-14)8-17-7-10-5-11(15)13(18)12(16)6-10/h5-6,9,17-18H,3-4,7-8H2,1-2H3. The van der Waals surface area contributed by atoms with Gasteiger partial charge in [-0.1, -0.05) is 13.8 Å². The molecule has 0 atom stereocenters. The lowest BCUT2D eigenvalue weighted by molar-refractivity contribution is 0.337. The number of halogens is 2. The highest BCUT2D eigenvalue weighted by atomic mass is 19.1. The minimum absolute atomic E-state index is 0.369. The van der Waals surface area contributed by atoms with Gasteiger partial charge in [0.2, 0.25) is 0 Å². The van der Waals surface area contributed by atoms with E-state index in [1.807, 2.05) is 0 Å². The zero-order valence-corrected chi connectivity index (χ0v) is 10.8. The molecule has 0 bridgehead atoms. The average molecular weight is 255 g/mol. The first-order valence-electron chi connectivity index (χ1n) is 6.32. The molecular weight excluding hydrogens is 236 g/mol. The van der Waals surface area contributed by atoms with Gasteiger partial charge in [0, 0.05) is 13.1 Å². The van der Waals surface area contributed by atoms with Gasteiger partial charge < -0.3 is 10.4 Å². The Hall–Kier alpha value is -1.16. The van der Waals surface area contributed by atoms with Crippen molar-refractivity contribution in [3.8, 4) is 5.75 Å². The fourth-order valence-corrected chi connectivity index (χ4v) is 2.29. The minimum atomic E-state index is -0.906. The van der Waals surface area contributed by atoms with E-state index in [2.05, 4.69) is 19.2 Å². The van der Waals surface area contributed by atoms with Gasteiger partial charge in [-0.15, -0.1) is 0 Å². The first-order valence-corrected chi connectivity index (χ1v) is 6.32. The molecule has 4 heteroatoms. The van der Waals surface area contributed by atoms with Crippen molar-refractivity contribution >= 4 is 0 Å². The normalized spacial score (nSPS) is 17.2. The Morgan fingerprint density at radius 1 is 1.28 bits per heavy atom. The smallest absolute Gasteiger partial charge is 0.187 e. The van der Waals surface area contributed by atoms with Crippen LogP contribution in [0.4, 0.5) is 8.78 Å². The SMILES string of the molecule is CC(C)C1(CNCc2cc(F)c(O)c(F)c2)CC1. The Kier molecular flexibility index (Phi) is 3.57. The second-order valence-electron chi connectivity index (χ2n) is 5.53. The van der Waals surface area contributed by atoms with Gasteiger partial charge in [0.05, 0.1) is 0 Å². The third kappa shape index (κ3) is 2.64. The molecule has 0 radical (unpaired) electrons. The lowest BCUT2D eigenvalue weighted by Crippen LogP contribution is -2.27. The molecule has 2 nitrogen and oxygen atoms in total. The molecule has 18 heavy (non-hydrogen) atoms. The number of benzene rings is 1. The lowest BCUT2D eigenvalue weighted by atomic mass is 9.92. The summed E-state index contributed by atoms with van der Waals surface area (Å²) >= 11 is 0. The Balaban J connectivity index is 1.91. The third-order valence-electron chi connectivity index (χ3n) is 4.00. The molecule has 1 aromatic rings. The van der Waals surface area contributed by atoms with E-state index in [1.54, 1.807) is 0 Å². The van der Waals surface area contributed by atoms with Crippen LogP contribution >= 0.6 is 0 Å². The van der Waals surface area contributed by atoms with Crippen LogP contribution in [0, 0.1) is 23.0 Å². The third-order valence-corrected chi connectivity index (χ3v) is 4.00. The highest BCUT2D eigenvalue weighted by Crippen LogP contribution is 2.51. The van der Waals surface area contributed by atoms with Gasteiger partial charge in [-0.25, -0.2) is 8.78 Å². The monoisotopic (exact) mass is 255 g/mol. The molecule has 0 aliphatic heterocycles. The van der Waals surface area contributed by atoms with Crippen LogP contribution in [-0.4, -0.2) is 11.7 Å². The number of hydrogen-bond acceptors (Lipinski definition) is 2. The molecular formula is C14H19F2NO. The van der Waals surface area contributed by atoms with Crippen molar-refractivity contribution in [2.45, 2.75) is 33.2 Å². The van der Waals surface area contributed by atoms with Crippen molar-refractivity contribution in [2.24, 2.45) is 11.3 Å². The first-order chi connectivity index (χ1) is 8.44. The predicted octanol–water partition coefficient (Wildman–Crippen LogP) is 3.20. The number of phenols is 1. The summed E-state index contributed by atoms with van der Waals surface area (Å²) in [5.41, 5.74) is 0.885. The molecule has 0 saturated heterocycles. The van der Waals surface area contributed by atoms with Gasteiger partial charge in [-0.2, -0.15) is 0 Å². The highest BCUT2D eigenvalue weighted by Gasteiger charge is 2.44. The molecule has 2 rings (SSSR count). The molecule has 0 heterocycles. The number of hydrogen-bond donors (Lipinski definition) is 2. The molecule has 0 aromatic heterocycles. The number of aromatic hydroxyl groups is 1. The van der Waals surface area contributed by atoms with Crippen molar-refractivity contribution in [1.82, 2.24) is 5.32 Å². The van der Waals surface area contributed by atoms with Gasteiger partial charge in [0.25, 0.3) is 0 Å². The summed E-state index contributed by atoms with van der Waals surface area (Å²) in [7, 11) is 0. The van der Waals surface area contributed by atoms with E-state index in [4.69, 9.17) is 5.11 Å². The van der Waals surface area contributed by atoms with Gasteiger partial charge in [-0.05, 0) is 41.9 Å². The van der Waals surface area contributed by atoms with E-state index < -0.39 is 17.4 Å². The largest absolute Gasteiger partial charge is 0.503 e. The molecule has 2 N–H and O–H groups in total. The van der Waals surface area contributed by atoms with Crippen LogP contribution in [0.15, 0.2) is 12.1 Å². The summed E-state index contributed by atoms with van der Waals surface area (Å²) in [6.45, 7) is 5.69. The Morgan fingerprint density at radius 3 is 2.28 bits per heavy atom. The molecule has 1 aromatic carbocycles. The van der Waals surface area contributed by atoms with Gasteiger partial charge in [0.15, 0.2) is 17.4 Å². The molecule has 0 amide bonds. The Morgan fingerprint density at radius 2 is 1.83 bits per heavy atom. The van der Waals surface area contributed by atoms with Gasteiger partial charge in [0.1, 0.15) is 0 Å². The number of nitrogens with one attached hydrogen (secondary N) is 1. The molecule has 0 spiro atoms. The van der Waals surface area contributed by atoms with Crippen LogP contribution in [0.5, 0.6) is 5.75 Å². The molecule has 0 unspecified atom stereocenters. The van der Waals surface area contributed by atoms with Crippen molar-refractivity contribution in [2.75, 3.05) is 6.54 Å². The van der Waals surface area contributed by atoms with Crippen molar-refractivity contribution < 1.29 is 13.9 Å². The zero-order chi connectivity index (χ0) is 13.3. The number of phenolic OH excluding ortho intramolecular Hbond substituents is 1. The van der Waals surface area contributed by atoms with E-state index in [1.165, 1.54) is 25.0 Å². The maximum absolute atomic E-state index is 13.1. The summed E-state index contributed by atoms with van der Waals surface area (Å²) < 4.78 is 26.2. The van der Waals surface area contributed by atoms with E-state index in [0.29, 0.717) is 23.4 Å². The van der Waals surface area contributed by atoms with E-state index in [0.717, 1.165) is 6.54 Å². The lowest BCUT2D eigenvalue weighted by Gasteiger charge is -2.20. The van der Waals surface area contributed by atoms with Crippen LogP contribution in [0.1, 0.15) is 32.3 Å². The second kappa shape index (κ2) is 4.84. The summed E-state index contributed by atoms with van der Waals surface area (Å²) in [5, 5.41) is 12.2. The van der Waals surface area contributed by atoms with Gasteiger partial charge in [-0.3, -0.25) is 0 Å². The summed E-state index contributed by atoms with van der Waals surface area (Å²) in [6.07, 6.45) is 2.44. The van der Waals surface area contributed by atoms with Crippen molar-refractivity contribution in [3.05, 3.63) is 29.3 Å². The maximum atomic E-state index is 13.1. The summed E-state index contributed by atoms with van der Waals surface area (Å²) in [4.78, 5) is 0. The van der Waals surface area contributed by atoms with E-state index in [-0.39, 0.29) is 0 Å². The summed E-state index contributed by atoms with van der Waals surface area (Å²) in [6, 6.07) is 2.33. The van der Waals surface area contributed by atoms with Gasteiger partial charge >= 0.3 is 0 Å². The molecule has 1 aliphatic carbocycles. The minimum Gasteiger partial charge on any atom is -0.503 e. The number of rotatable bonds is 5. The molecule has 1 aliphatic rings. The van der Waals surface area contributed by atoms with Crippen LogP contribution < -0.4 is 5.32 Å². The quantitative estimate of drug-likeness (QED) is 0.847. The van der Waals surface area contributed by atoms with Crippen LogP contribution in [-0.2, 0) is 6.54 Å². The van der Waals surface area contributed by atoms with E-state index >= 15 is 0 Å². The fraction of sp³-hybridized carbons (Fsp3) is 0.571. The topological polar surface area (TPSA) is 32.3 Å². The van der Waals surface area contributed by atoms with E-state index in [9.17, 15) is 8.78 Å². The Labute approximate surface area is 106 Å². The Bertz CT molecular complexity index is 418. The van der Waals surface area contributed by atoms with Crippen molar-refractivity contribution in [1.29, 1.82) is 0 Å². The second-order valence-corrected chi connectivity index (χ2v) is 5.53. The average Bonchev–Trinajstić information content (AvgIpc) is 3.07. The summed E-state index contributed by atoms with van der Waals surface area (Å²) in [5.74, 6) is -2.09. The molecule has 1 saturated carbocycles. The van der Waals surface area contributed by atoms with Crippen LogP contribution in [0.25, 0.3) is 0 Å². The van der Waals surface area contributed by atoms with Crippen molar-refractivity contribution in [3.63, 3.8) is 0 Å². The fourth-order valence-electron chi connectivity index (χ4n) is 2.29. The maximum Gasteiger partial charge on any atom is 0.187 e. The highest BCUT2D eigenvalue weighted by molar-refractivity contribution is 5.29. The van der Waals surface area contributed by atoms with Crippen LogP contribution in [0.3, 0.4) is 0 Å². The predicted molar refractivity (Wildman–Crippen MR) is 66.2 cm³/mol. The van der Waals surface area contributed by atoms with Crippen LogP contribution in [0.2, 0.25) is 0 Å². The molecule has 100 valence electrons. The zero-order valence-electron chi connectivity index (χ0n) is 10.8.